The van der Waals surface area contributed by atoms with Crippen LogP contribution in [0.1, 0.15) is 19.4 Å². The molecule has 0 aliphatic rings. The van der Waals surface area contributed by atoms with E-state index in [4.69, 9.17) is 5.73 Å². The van der Waals surface area contributed by atoms with Crippen LogP contribution in [0.15, 0.2) is 16.8 Å². The van der Waals surface area contributed by atoms with Gasteiger partial charge in [-0.3, -0.25) is 4.79 Å². The van der Waals surface area contributed by atoms with Crippen molar-refractivity contribution >= 4 is 17.2 Å². The summed E-state index contributed by atoms with van der Waals surface area (Å²) in [5.41, 5.74) is 6.10. The summed E-state index contributed by atoms with van der Waals surface area (Å²) >= 11 is 1.67. The average molecular weight is 212 g/mol. The molecular weight excluding hydrogens is 196 g/mol. The lowest BCUT2D eigenvalue weighted by Gasteiger charge is -2.17. The third kappa shape index (κ3) is 3.47. The van der Waals surface area contributed by atoms with Crippen LogP contribution in [0.5, 0.6) is 0 Å². The maximum Gasteiger partial charge on any atom is 0.239 e. The zero-order chi connectivity index (χ0) is 10.6. The van der Waals surface area contributed by atoms with Crippen molar-refractivity contribution in [1.82, 2.24) is 5.32 Å². The highest BCUT2D eigenvalue weighted by Crippen LogP contribution is 2.05. The first kappa shape index (κ1) is 11.2. The van der Waals surface area contributed by atoms with Crippen molar-refractivity contribution in [2.24, 2.45) is 5.73 Å². The largest absolute Gasteiger partial charge is 0.354 e. The van der Waals surface area contributed by atoms with Crippen molar-refractivity contribution in [2.45, 2.75) is 25.8 Å². The second kappa shape index (κ2) is 4.57. The van der Waals surface area contributed by atoms with Gasteiger partial charge >= 0.3 is 0 Å². The van der Waals surface area contributed by atoms with Crippen LogP contribution in [0.4, 0.5) is 0 Å². The van der Waals surface area contributed by atoms with E-state index in [1.807, 2.05) is 5.38 Å². The van der Waals surface area contributed by atoms with Crippen LogP contribution in [0.2, 0.25) is 0 Å². The molecule has 3 N–H and O–H groups in total. The van der Waals surface area contributed by atoms with Gasteiger partial charge in [0.1, 0.15) is 0 Å². The molecule has 0 fully saturated rings. The number of nitrogens with one attached hydrogen (secondary N) is 1. The molecule has 1 heterocycles. The molecular formula is C10H16N2OS. The molecule has 0 saturated heterocycles. The number of nitrogens with two attached hydrogens (primary N) is 1. The zero-order valence-electron chi connectivity index (χ0n) is 8.54. The number of thiophene rings is 1. The number of carbonyl (C=O) groups excluding carboxylic acids is 1. The van der Waals surface area contributed by atoms with Gasteiger partial charge in [-0.1, -0.05) is 0 Å². The summed E-state index contributed by atoms with van der Waals surface area (Å²) in [6.07, 6.45) is 0.866. The van der Waals surface area contributed by atoms with Gasteiger partial charge in [0.25, 0.3) is 0 Å². The monoisotopic (exact) mass is 212 g/mol. The van der Waals surface area contributed by atoms with Crippen molar-refractivity contribution in [2.75, 3.05) is 6.54 Å². The molecule has 0 bridgehead atoms. The van der Waals surface area contributed by atoms with E-state index < -0.39 is 5.54 Å². The van der Waals surface area contributed by atoms with E-state index in [1.54, 1.807) is 25.2 Å². The summed E-state index contributed by atoms with van der Waals surface area (Å²) in [7, 11) is 0. The summed E-state index contributed by atoms with van der Waals surface area (Å²) in [6.45, 7) is 4.05. The lowest BCUT2D eigenvalue weighted by Crippen LogP contribution is -2.49. The molecule has 0 aliphatic carbocycles. The molecule has 0 aliphatic heterocycles. The molecule has 78 valence electrons. The van der Waals surface area contributed by atoms with Crippen LogP contribution in [-0.4, -0.2) is 18.0 Å². The Hall–Kier alpha value is -0.870. The molecule has 3 nitrogen and oxygen atoms in total. The Labute approximate surface area is 88.3 Å². The van der Waals surface area contributed by atoms with Gasteiger partial charge in [0.05, 0.1) is 5.54 Å². The summed E-state index contributed by atoms with van der Waals surface area (Å²) < 4.78 is 0. The molecule has 0 spiro atoms. The number of amides is 1. The van der Waals surface area contributed by atoms with E-state index in [2.05, 4.69) is 16.8 Å². The van der Waals surface area contributed by atoms with Crippen LogP contribution in [-0.2, 0) is 11.2 Å². The smallest absolute Gasteiger partial charge is 0.239 e. The minimum atomic E-state index is -0.783. The third-order valence-electron chi connectivity index (χ3n) is 1.86. The lowest BCUT2D eigenvalue weighted by atomic mass is 10.1. The fraction of sp³-hybridized carbons (Fsp3) is 0.500. The Kier molecular flexibility index (Phi) is 3.66. The number of carbonyl (C=O) groups is 1. The van der Waals surface area contributed by atoms with E-state index in [9.17, 15) is 4.79 Å². The molecule has 1 amide bonds. The van der Waals surface area contributed by atoms with Crippen molar-refractivity contribution in [3.8, 4) is 0 Å². The molecule has 14 heavy (non-hydrogen) atoms. The number of hydrogen-bond acceptors (Lipinski definition) is 3. The molecule has 0 radical (unpaired) electrons. The first-order valence-corrected chi connectivity index (χ1v) is 5.52. The molecule has 4 heteroatoms. The predicted octanol–water partition coefficient (Wildman–Crippen LogP) is 1.14. The maximum atomic E-state index is 11.4. The topological polar surface area (TPSA) is 55.1 Å². The van der Waals surface area contributed by atoms with Gasteiger partial charge < -0.3 is 11.1 Å². The first-order valence-electron chi connectivity index (χ1n) is 4.58. The van der Waals surface area contributed by atoms with E-state index in [-0.39, 0.29) is 5.91 Å². The Morgan fingerprint density at radius 1 is 1.64 bits per heavy atom. The van der Waals surface area contributed by atoms with Crippen LogP contribution >= 0.6 is 11.3 Å². The van der Waals surface area contributed by atoms with Gasteiger partial charge in [-0.2, -0.15) is 11.3 Å². The summed E-state index contributed by atoms with van der Waals surface area (Å²) in [6, 6.07) is 2.06. The van der Waals surface area contributed by atoms with E-state index in [1.165, 1.54) is 5.56 Å². The fourth-order valence-electron chi connectivity index (χ4n) is 0.983. The summed E-state index contributed by atoms with van der Waals surface area (Å²) in [5, 5.41) is 6.92. The van der Waals surface area contributed by atoms with Crippen LogP contribution in [0.25, 0.3) is 0 Å². The Morgan fingerprint density at radius 3 is 2.86 bits per heavy atom. The molecule has 0 saturated carbocycles. The van der Waals surface area contributed by atoms with Crippen LogP contribution in [0, 0.1) is 0 Å². The second-order valence-corrected chi connectivity index (χ2v) is 4.64. The van der Waals surface area contributed by atoms with Gasteiger partial charge in [-0.15, -0.1) is 0 Å². The third-order valence-corrected chi connectivity index (χ3v) is 2.60. The summed E-state index contributed by atoms with van der Waals surface area (Å²) in [4.78, 5) is 11.4. The SMILES string of the molecule is CC(C)(N)C(=O)NCCc1ccsc1. The second-order valence-electron chi connectivity index (χ2n) is 3.86. The number of hydrogen-bond donors (Lipinski definition) is 2. The number of rotatable bonds is 4. The van der Waals surface area contributed by atoms with Gasteiger partial charge in [0.2, 0.25) is 5.91 Å². The predicted molar refractivity (Wildman–Crippen MR) is 59.3 cm³/mol. The minimum absolute atomic E-state index is 0.104. The highest BCUT2D eigenvalue weighted by Gasteiger charge is 2.20. The van der Waals surface area contributed by atoms with Crippen LogP contribution < -0.4 is 11.1 Å². The Bertz CT molecular complexity index is 288. The first-order chi connectivity index (χ1) is 6.50. The summed E-state index contributed by atoms with van der Waals surface area (Å²) in [5.74, 6) is -0.104. The standard InChI is InChI=1S/C10H16N2OS/c1-10(2,11)9(13)12-5-3-8-4-6-14-7-8/h4,6-7H,3,5,11H2,1-2H3,(H,12,13). The fourth-order valence-corrected chi connectivity index (χ4v) is 1.69. The average Bonchev–Trinajstić information content (AvgIpc) is 2.55. The van der Waals surface area contributed by atoms with Crippen molar-refractivity contribution in [1.29, 1.82) is 0 Å². The minimum Gasteiger partial charge on any atom is -0.354 e. The highest BCUT2D eigenvalue weighted by atomic mass is 32.1. The highest BCUT2D eigenvalue weighted by molar-refractivity contribution is 7.07. The molecule has 0 unspecified atom stereocenters. The zero-order valence-corrected chi connectivity index (χ0v) is 9.36. The quantitative estimate of drug-likeness (QED) is 0.786. The molecule has 1 rings (SSSR count). The van der Waals surface area contributed by atoms with Gasteiger partial charge in [0.15, 0.2) is 0 Å². The Balaban J connectivity index is 2.26. The van der Waals surface area contributed by atoms with Gasteiger partial charge in [-0.25, -0.2) is 0 Å². The molecule has 0 aromatic carbocycles. The Morgan fingerprint density at radius 2 is 2.36 bits per heavy atom. The van der Waals surface area contributed by atoms with Crippen molar-refractivity contribution in [3.63, 3.8) is 0 Å². The van der Waals surface area contributed by atoms with Gasteiger partial charge in [0, 0.05) is 6.54 Å². The molecule has 1 aromatic rings. The van der Waals surface area contributed by atoms with E-state index >= 15 is 0 Å². The van der Waals surface area contributed by atoms with Crippen molar-refractivity contribution in [3.05, 3.63) is 22.4 Å². The van der Waals surface area contributed by atoms with Crippen molar-refractivity contribution < 1.29 is 4.79 Å². The normalized spacial score (nSPS) is 11.4. The maximum absolute atomic E-state index is 11.4. The molecule has 0 atom stereocenters. The van der Waals surface area contributed by atoms with Crippen LogP contribution in [0.3, 0.4) is 0 Å². The van der Waals surface area contributed by atoms with E-state index in [0.29, 0.717) is 6.54 Å². The van der Waals surface area contributed by atoms with E-state index in [0.717, 1.165) is 6.42 Å². The lowest BCUT2D eigenvalue weighted by molar-refractivity contribution is -0.125. The molecule has 1 aromatic heterocycles. The van der Waals surface area contributed by atoms with Gasteiger partial charge in [-0.05, 0) is 42.7 Å².